The molecule has 1 heterocycles. The molecular weight excluding hydrogens is 442 g/mol. The molecule has 3 aromatic rings. The molecule has 0 aliphatic heterocycles. The van der Waals surface area contributed by atoms with Crippen LogP contribution in [0.5, 0.6) is 11.5 Å². The lowest BCUT2D eigenvalue weighted by molar-refractivity contribution is -0.123. The first-order valence-corrected chi connectivity index (χ1v) is 9.30. The van der Waals surface area contributed by atoms with Gasteiger partial charge < -0.3 is 20.5 Å². The predicted molar refractivity (Wildman–Crippen MR) is 108 cm³/mol. The summed E-state index contributed by atoms with van der Waals surface area (Å²) in [7, 11) is 1.46. The fraction of sp³-hybridized carbons (Fsp3) is 0.158. The summed E-state index contributed by atoms with van der Waals surface area (Å²) in [4.78, 5) is 23.6. The van der Waals surface area contributed by atoms with Gasteiger partial charge in [0.25, 0.3) is 11.8 Å². The van der Waals surface area contributed by atoms with E-state index in [2.05, 4.69) is 36.7 Å². The van der Waals surface area contributed by atoms with Crippen molar-refractivity contribution >= 4 is 27.7 Å². The molecule has 0 spiro atoms. The summed E-state index contributed by atoms with van der Waals surface area (Å²) in [6.45, 7) is 0.208. The number of amides is 2. The Labute approximate surface area is 174 Å². The number of primary amides is 1. The molecule has 1 aromatic heterocycles. The molecule has 3 rings (SSSR count). The second kappa shape index (κ2) is 9.20. The van der Waals surface area contributed by atoms with Crippen molar-refractivity contribution in [1.82, 2.24) is 20.7 Å². The molecule has 2 amide bonds. The number of ether oxygens (including phenoxy) is 2. The van der Waals surface area contributed by atoms with E-state index in [1.165, 1.54) is 7.11 Å². The van der Waals surface area contributed by atoms with Crippen LogP contribution in [-0.4, -0.2) is 40.9 Å². The van der Waals surface area contributed by atoms with Gasteiger partial charge in [-0.1, -0.05) is 30.3 Å². The third kappa shape index (κ3) is 4.91. The van der Waals surface area contributed by atoms with Crippen molar-refractivity contribution in [2.75, 3.05) is 13.7 Å². The molecule has 10 heteroatoms. The van der Waals surface area contributed by atoms with E-state index in [0.29, 0.717) is 28.1 Å². The normalized spacial score (nSPS) is 10.4. The summed E-state index contributed by atoms with van der Waals surface area (Å²) in [5.41, 5.74) is 7.13. The molecule has 0 aliphatic carbocycles. The number of nitrogens with one attached hydrogen (secondary N) is 2. The zero-order valence-electron chi connectivity index (χ0n) is 15.4. The lowest BCUT2D eigenvalue weighted by Crippen LogP contribution is -2.28. The average molecular weight is 460 g/mol. The molecule has 0 atom stereocenters. The van der Waals surface area contributed by atoms with Crippen LogP contribution in [0.25, 0.3) is 11.3 Å². The van der Waals surface area contributed by atoms with Crippen LogP contribution in [0.2, 0.25) is 0 Å². The monoisotopic (exact) mass is 459 g/mol. The van der Waals surface area contributed by atoms with Gasteiger partial charge in [-0.15, -0.1) is 0 Å². The van der Waals surface area contributed by atoms with Crippen molar-refractivity contribution in [3.8, 4) is 22.8 Å². The van der Waals surface area contributed by atoms with Crippen molar-refractivity contribution in [2.45, 2.75) is 6.54 Å². The van der Waals surface area contributed by atoms with Crippen molar-refractivity contribution in [2.24, 2.45) is 5.73 Å². The lowest BCUT2D eigenvalue weighted by Gasteiger charge is -2.14. The minimum atomic E-state index is -0.709. The third-order valence-corrected chi connectivity index (χ3v) is 4.55. The van der Waals surface area contributed by atoms with E-state index in [1.807, 2.05) is 30.3 Å². The number of carbonyl (C=O) groups is 2. The smallest absolute Gasteiger partial charge is 0.271 e. The quantitative estimate of drug-likeness (QED) is 0.472. The van der Waals surface area contributed by atoms with Gasteiger partial charge in [0.15, 0.2) is 23.8 Å². The number of rotatable bonds is 8. The molecule has 0 aliphatic rings. The number of benzene rings is 2. The first kappa shape index (κ1) is 20.3. The van der Waals surface area contributed by atoms with E-state index < -0.39 is 5.91 Å². The van der Waals surface area contributed by atoms with Crippen molar-refractivity contribution in [3.05, 3.63) is 58.2 Å². The predicted octanol–water partition coefficient (Wildman–Crippen LogP) is 2.04. The molecule has 0 radical (unpaired) electrons. The maximum Gasteiger partial charge on any atom is 0.271 e. The van der Waals surface area contributed by atoms with Gasteiger partial charge in [-0.05, 0) is 33.6 Å². The number of hydrogen-bond acceptors (Lipinski definition) is 6. The number of nitrogens with two attached hydrogens (primary N) is 1. The first-order chi connectivity index (χ1) is 14.0. The van der Waals surface area contributed by atoms with Crippen LogP contribution >= 0.6 is 15.9 Å². The highest BCUT2D eigenvalue weighted by molar-refractivity contribution is 9.10. The molecule has 0 saturated heterocycles. The molecule has 0 unspecified atom stereocenters. The van der Waals surface area contributed by atoms with E-state index in [9.17, 15) is 9.59 Å². The maximum absolute atomic E-state index is 12.1. The standard InChI is InChI=1S/C19H18BrN5O4/c1-28-14-8-12(16-17(19(21)27)24-25-23-16)7-13(20)18(14)29-10-15(26)22-9-11-5-3-2-4-6-11/h2-8H,9-10H2,1H3,(H2,21,27)(H,22,26)(H,23,24,25). The minimum Gasteiger partial charge on any atom is -0.493 e. The second-order valence-corrected chi connectivity index (χ2v) is 6.78. The number of aromatic nitrogens is 3. The molecule has 4 N–H and O–H groups in total. The number of H-pyrrole nitrogens is 1. The minimum absolute atomic E-state index is 0.00733. The Kier molecular flexibility index (Phi) is 6.45. The van der Waals surface area contributed by atoms with E-state index >= 15 is 0 Å². The number of carbonyl (C=O) groups excluding carboxylic acids is 2. The van der Waals surface area contributed by atoms with Gasteiger partial charge in [0.1, 0.15) is 5.69 Å². The Morgan fingerprint density at radius 1 is 1.21 bits per heavy atom. The molecule has 2 aromatic carbocycles. The number of nitrogens with zero attached hydrogens (tertiary/aromatic N) is 2. The van der Waals surface area contributed by atoms with Crippen molar-refractivity contribution < 1.29 is 19.1 Å². The van der Waals surface area contributed by atoms with Crippen LogP contribution in [0.1, 0.15) is 16.1 Å². The summed E-state index contributed by atoms with van der Waals surface area (Å²) in [6, 6.07) is 12.8. The van der Waals surface area contributed by atoms with Crippen LogP contribution in [0.4, 0.5) is 0 Å². The molecule has 9 nitrogen and oxygen atoms in total. The summed E-state index contributed by atoms with van der Waals surface area (Å²) in [5.74, 6) is -0.294. The average Bonchev–Trinajstić information content (AvgIpc) is 3.22. The highest BCUT2D eigenvalue weighted by atomic mass is 79.9. The van der Waals surface area contributed by atoms with E-state index in [0.717, 1.165) is 5.56 Å². The Morgan fingerprint density at radius 3 is 2.66 bits per heavy atom. The fourth-order valence-electron chi connectivity index (χ4n) is 2.59. The zero-order chi connectivity index (χ0) is 20.8. The van der Waals surface area contributed by atoms with Crippen LogP contribution in [0.3, 0.4) is 0 Å². The molecule has 150 valence electrons. The molecular formula is C19H18BrN5O4. The van der Waals surface area contributed by atoms with Crippen molar-refractivity contribution in [1.29, 1.82) is 0 Å². The Bertz CT molecular complexity index is 1020. The van der Waals surface area contributed by atoms with E-state index in [4.69, 9.17) is 15.2 Å². The topological polar surface area (TPSA) is 132 Å². The van der Waals surface area contributed by atoms with Gasteiger partial charge in [-0.25, -0.2) is 0 Å². The fourth-order valence-corrected chi connectivity index (χ4v) is 3.14. The molecule has 0 saturated carbocycles. The van der Waals surface area contributed by atoms with Crippen LogP contribution in [0, 0.1) is 0 Å². The van der Waals surface area contributed by atoms with Gasteiger partial charge in [0.2, 0.25) is 0 Å². The van der Waals surface area contributed by atoms with Crippen molar-refractivity contribution in [3.63, 3.8) is 0 Å². The second-order valence-electron chi connectivity index (χ2n) is 5.93. The van der Waals surface area contributed by atoms with Gasteiger partial charge in [0, 0.05) is 12.1 Å². The Hall–Kier alpha value is -3.40. The summed E-state index contributed by atoms with van der Waals surface area (Å²) >= 11 is 3.40. The largest absolute Gasteiger partial charge is 0.493 e. The SMILES string of the molecule is COc1cc(-c2n[nH]nc2C(N)=O)cc(Br)c1OCC(=O)NCc1ccccc1. The van der Waals surface area contributed by atoms with E-state index in [1.54, 1.807) is 12.1 Å². The summed E-state index contributed by atoms with van der Waals surface area (Å²) in [5, 5.41) is 12.9. The van der Waals surface area contributed by atoms with Crippen LogP contribution < -0.4 is 20.5 Å². The zero-order valence-corrected chi connectivity index (χ0v) is 17.0. The highest BCUT2D eigenvalue weighted by Crippen LogP contribution is 2.39. The van der Waals surface area contributed by atoms with Gasteiger partial charge in [-0.3, -0.25) is 9.59 Å². The molecule has 0 bridgehead atoms. The van der Waals surface area contributed by atoms with Gasteiger partial charge in [-0.2, -0.15) is 15.4 Å². The number of hydrogen-bond donors (Lipinski definition) is 3. The number of aromatic amines is 1. The Balaban J connectivity index is 1.72. The van der Waals surface area contributed by atoms with Crippen LogP contribution in [-0.2, 0) is 11.3 Å². The highest BCUT2D eigenvalue weighted by Gasteiger charge is 2.20. The van der Waals surface area contributed by atoms with Gasteiger partial charge in [0.05, 0.1) is 11.6 Å². The lowest BCUT2D eigenvalue weighted by atomic mass is 10.1. The first-order valence-electron chi connectivity index (χ1n) is 8.51. The molecule has 29 heavy (non-hydrogen) atoms. The maximum atomic E-state index is 12.1. The van der Waals surface area contributed by atoms with Crippen LogP contribution in [0.15, 0.2) is 46.9 Å². The van der Waals surface area contributed by atoms with E-state index in [-0.39, 0.29) is 23.9 Å². The summed E-state index contributed by atoms with van der Waals surface area (Å²) < 4.78 is 11.5. The summed E-state index contributed by atoms with van der Waals surface area (Å²) in [6.07, 6.45) is 0. The third-order valence-electron chi connectivity index (χ3n) is 3.96. The Morgan fingerprint density at radius 2 is 1.97 bits per heavy atom. The number of halogens is 1. The number of methoxy groups -OCH3 is 1. The molecule has 0 fully saturated rings. The van der Waals surface area contributed by atoms with Gasteiger partial charge >= 0.3 is 0 Å².